The van der Waals surface area contributed by atoms with Crippen LogP contribution in [0.2, 0.25) is 0 Å². The summed E-state index contributed by atoms with van der Waals surface area (Å²) in [6.45, 7) is 0. The second kappa shape index (κ2) is 9.44. The van der Waals surface area contributed by atoms with Crippen LogP contribution in [0.5, 0.6) is 0 Å². The number of nitrogens with zero attached hydrogens (tertiary/aromatic N) is 3. The van der Waals surface area contributed by atoms with E-state index in [0.29, 0.717) is 28.5 Å². The summed E-state index contributed by atoms with van der Waals surface area (Å²) in [6, 6.07) is 4.21. The fraction of sp³-hybridized carbons (Fsp3) is 0.211. The minimum atomic E-state index is -5.00. The number of esters is 1. The lowest BCUT2D eigenvalue weighted by Crippen LogP contribution is -2.20. The van der Waals surface area contributed by atoms with Crippen molar-refractivity contribution in [1.82, 2.24) is 14.8 Å². The molecule has 2 aromatic carbocycles. The minimum Gasteiger partial charge on any atom is -0.469 e. The number of hydrogen-bond donors (Lipinski definition) is 1. The molecule has 0 saturated heterocycles. The molecular formula is C19H12F6N4O5S. The van der Waals surface area contributed by atoms with Crippen LogP contribution in [0.1, 0.15) is 16.7 Å². The number of alkyl halides is 6. The molecule has 16 heteroatoms. The van der Waals surface area contributed by atoms with E-state index in [4.69, 9.17) is 0 Å². The van der Waals surface area contributed by atoms with Crippen molar-refractivity contribution in [3.8, 4) is 5.69 Å². The van der Waals surface area contributed by atoms with Crippen LogP contribution in [0.4, 0.5) is 32.0 Å². The Kier molecular flexibility index (Phi) is 6.96. The maximum Gasteiger partial charge on any atom is 0.418 e. The Morgan fingerprint density at radius 2 is 1.83 bits per heavy atom. The molecule has 0 amide bonds. The first kappa shape index (κ1) is 25.8. The maximum atomic E-state index is 13.8. The first-order valence-electron chi connectivity index (χ1n) is 9.20. The highest BCUT2D eigenvalue weighted by molar-refractivity contribution is 7.99. The number of rotatable bonds is 6. The number of hydrogen-bond acceptors (Lipinski definition) is 7. The second-order valence-corrected chi connectivity index (χ2v) is 7.80. The third-order valence-corrected chi connectivity index (χ3v) is 5.53. The number of aromatic amines is 1. The molecule has 0 aliphatic heterocycles. The molecule has 0 saturated carbocycles. The molecule has 0 spiro atoms. The normalized spacial score (nSPS) is 12.0. The Morgan fingerprint density at radius 1 is 1.14 bits per heavy atom. The van der Waals surface area contributed by atoms with Gasteiger partial charge in [-0.05, 0) is 41.6 Å². The van der Waals surface area contributed by atoms with Crippen LogP contribution >= 0.6 is 11.8 Å². The van der Waals surface area contributed by atoms with Crippen LogP contribution in [-0.4, -0.2) is 32.8 Å². The van der Waals surface area contributed by atoms with Crippen molar-refractivity contribution in [2.24, 2.45) is 0 Å². The van der Waals surface area contributed by atoms with Gasteiger partial charge in [0.05, 0.1) is 40.2 Å². The van der Waals surface area contributed by atoms with E-state index in [1.54, 1.807) is 0 Å². The van der Waals surface area contributed by atoms with Gasteiger partial charge in [0, 0.05) is 6.07 Å². The number of nitro groups is 1. The molecule has 0 aliphatic carbocycles. The zero-order valence-electron chi connectivity index (χ0n) is 17.2. The molecule has 1 aromatic heterocycles. The highest BCUT2D eigenvalue weighted by atomic mass is 32.2. The molecule has 0 aliphatic rings. The number of aromatic nitrogens is 3. The largest absolute Gasteiger partial charge is 0.469 e. The van der Waals surface area contributed by atoms with Gasteiger partial charge in [0.15, 0.2) is 0 Å². The van der Waals surface area contributed by atoms with Crippen LogP contribution in [0.15, 0.2) is 51.2 Å². The predicted octanol–water partition coefficient (Wildman–Crippen LogP) is 4.37. The number of carbonyl (C=O) groups is 1. The van der Waals surface area contributed by atoms with Gasteiger partial charge in [-0.15, -0.1) is 5.10 Å². The number of methoxy groups -OCH3 is 1. The molecule has 35 heavy (non-hydrogen) atoms. The highest BCUT2D eigenvalue weighted by Crippen LogP contribution is 2.40. The molecular weight excluding hydrogens is 510 g/mol. The fourth-order valence-corrected chi connectivity index (χ4v) is 3.87. The number of ether oxygens (including phenoxy) is 1. The molecule has 3 rings (SSSR count). The summed E-state index contributed by atoms with van der Waals surface area (Å²) >= 11 is 0.312. The number of nitrogens with one attached hydrogen (secondary N) is 1. The van der Waals surface area contributed by atoms with Gasteiger partial charge in [0.1, 0.15) is 0 Å². The van der Waals surface area contributed by atoms with Gasteiger partial charge in [-0.1, -0.05) is 6.07 Å². The summed E-state index contributed by atoms with van der Waals surface area (Å²) in [5.74, 6) is -0.808. The molecule has 0 bridgehead atoms. The lowest BCUT2D eigenvalue weighted by atomic mass is 10.1. The Bertz CT molecular complexity index is 1350. The summed E-state index contributed by atoms with van der Waals surface area (Å²) in [6.07, 6.45) is -10.4. The third-order valence-electron chi connectivity index (χ3n) is 4.51. The zero-order valence-corrected chi connectivity index (χ0v) is 18.0. The summed E-state index contributed by atoms with van der Waals surface area (Å²) in [4.78, 5) is 33.6. The molecule has 0 radical (unpaired) electrons. The summed E-state index contributed by atoms with van der Waals surface area (Å²) in [7, 11) is 1.05. The minimum absolute atomic E-state index is 0.0722. The van der Waals surface area contributed by atoms with Gasteiger partial charge in [-0.3, -0.25) is 14.9 Å². The van der Waals surface area contributed by atoms with E-state index >= 15 is 0 Å². The molecule has 186 valence electrons. The van der Waals surface area contributed by atoms with Crippen LogP contribution in [0, 0.1) is 10.1 Å². The lowest BCUT2D eigenvalue weighted by Gasteiger charge is -2.15. The van der Waals surface area contributed by atoms with Gasteiger partial charge in [0.2, 0.25) is 5.16 Å². The molecule has 9 nitrogen and oxygen atoms in total. The van der Waals surface area contributed by atoms with Crippen molar-refractivity contribution in [3.05, 3.63) is 73.7 Å². The average Bonchev–Trinajstić information content (AvgIpc) is 3.12. The average molecular weight is 522 g/mol. The van der Waals surface area contributed by atoms with Crippen LogP contribution in [0.25, 0.3) is 5.69 Å². The Morgan fingerprint density at radius 3 is 2.40 bits per heavy atom. The number of nitro benzene ring substituents is 1. The van der Waals surface area contributed by atoms with Crippen molar-refractivity contribution in [1.29, 1.82) is 0 Å². The van der Waals surface area contributed by atoms with Crippen molar-refractivity contribution >= 4 is 23.4 Å². The first-order valence-corrected chi connectivity index (χ1v) is 10.0. The van der Waals surface area contributed by atoms with Crippen molar-refractivity contribution in [2.75, 3.05) is 7.11 Å². The van der Waals surface area contributed by atoms with E-state index in [2.05, 4.69) is 9.84 Å². The molecule has 3 aromatic rings. The van der Waals surface area contributed by atoms with E-state index < -0.39 is 67.9 Å². The van der Waals surface area contributed by atoms with Gasteiger partial charge in [-0.25, -0.2) is 14.5 Å². The van der Waals surface area contributed by atoms with E-state index in [9.17, 15) is 46.0 Å². The zero-order chi connectivity index (χ0) is 26.1. The van der Waals surface area contributed by atoms with Gasteiger partial charge < -0.3 is 4.74 Å². The lowest BCUT2D eigenvalue weighted by molar-refractivity contribution is -0.388. The number of H-pyrrole nitrogens is 1. The van der Waals surface area contributed by atoms with Crippen molar-refractivity contribution < 1.29 is 40.8 Å². The Balaban J connectivity index is 2.13. The van der Waals surface area contributed by atoms with E-state index in [1.165, 1.54) is 0 Å². The van der Waals surface area contributed by atoms with E-state index in [1.807, 2.05) is 5.10 Å². The smallest absolute Gasteiger partial charge is 0.418 e. The standard InChI is InChI=1S/C19H12F6N4O5S/c1-34-15(30)7-9-2-4-12(11(6-9)19(23,24)25)28-16(31)26-27-17(28)35-14-5-3-10(18(20,21)22)8-13(14)29(32)33/h2-6,8H,7H2,1H3,(H,26,31). The molecule has 0 atom stereocenters. The summed E-state index contributed by atoms with van der Waals surface area (Å²) in [5.41, 5.74) is -5.57. The fourth-order valence-electron chi connectivity index (χ4n) is 2.94. The summed E-state index contributed by atoms with van der Waals surface area (Å²) < 4.78 is 85.1. The quantitative estimate of drug-likeness (QED) is 0.221. The topological polar surface area (TPSA) is 120 Å². The third kappa shape index (κ3) is 5.64. The second-order valence-electron chi connectivity index (χ2n) is 6.79. The van der Waals surface area contributed by atoms with Gasteiger partial charge in [0.25, 0.3) is 5.69 Å². The highest BCUT2D eigenvalue weighted by Gasteiger charge is 2.36. The van der Waals surface area contributed by atoms with E-state index in [-0.39, 0.29) is 11.6 Å². The molecule has 0 fully saturated rings. The SMILES string of the molecule is COC(=O)Cc1ccc(-n2c(Sc3ccc(C(F)(F)F)cc3[N+](=O)[O-])n[nH]c2=O)c(C(F)(F)F)c1. The number of benzene rings is 2. The Labute approximate surface area is 194 Å². The van der Waals surface area contributed by atoms with Crippen molar-refractivity contribution in [2.45, 2.75) is 28.8 Å². The predicted molar refractivity (Wildman–Crippen MR) is 107 cm³/mol. The van der Waals surface area contributed by atoms with Gasteiger partial charge >= 0.3 is 24.0 Å². The van der Waals surface area contributed by atoms with Crippen LogP contribution in [-0.2, 0) is 28.3 Å². The van der Waals surface area contributed by atoms with E-state index in [0.717, 1.165) is 25.3 Å². The van der Waals surface area contributed by atoms with Crippen molar-refractivity contribution in [3.63, 3.8) is 0 Å². The molecule has 0 unspecified atom stereocenters. The van der Waals surface area contributed by atoms with Crippen LogP contribution < -0.4 is 5.69 Å². The monoisotopic (exact) mass is 522 g/mol. The molecule has 1 N–H and O–H groups in total. The molecule has 1 heterocycles. The van der Waals surface area contributed by atoms with Crippen LogP contribution in [0.3, 0.4) is 0 Å². The number of halogens is 6. The van der Waals surface area contributed by atoms with Gasteiger partial charge in [-0.2, -0.15) is 26.3 Å². The first-order chi connectivity index (χ1) is 16.2. The maximum absolute atomic E-state index is 13.8. The Hall–Kier alpha value is -3.82. The number of carbonyl (C=O) groups excluding carboxylic acids is 1. The summed E-state index contributed by atoms with van der Waals surface area (Å²) in [5, 5.41) is 16.3.